The van der Waals surface area contributed by atoms with Gasteiger partial charge in [-0.25, -0.2) is 9.18 Å². The molecule has 1 N–H and O–H groups in total. The quantitative estimate of drug-likeness (QED) is 0.874. The Balaban J connectivity index is 2.86. The Bertz CT molecular complexity index is 481. The molecule has 0 fully saturated rings. The number of benzene rings is 1. The molecule has 0 unspecified atom stereocenters. The summed E-state index contributed by atoms with van der Waals surface area (Å²) in [6, 6.07) is 4.76. The third kappa shape index (κ3) is 4.82. The highest BCUT2D eigenvalue weighted by atomic mass is 79.9. The fraction of sp³-hybridized carbons (Fsp3) is 0.500. The first-order valence-corrected chi connectivity index (χ1v) is 6.77. The van der Waals surface area contributed by atoms with Crippen LogP contribution < -0.4 is 5.32 Å². The van der Waals surface area contributed by atoms with Crippen LogP contribution in [0.2, 0.25) is 0 Å². The molecule has 1 aromatic carbocycles. The molecule has 0 saturated heterocycles. The average molecular weight is 332 g/mol. The zero-order chi connectivity index (χ0) is 14.8. The highest BCUT2D eigenvalue weighted by Crippen LogP contribution is 2.25. The molecule has 1 aromatic rings. The smallest absolute Gasteiger partial charge is 0.408 e. The highest BCUT2D eigenvalue weighted by molar-refractivity contribution is 9.10. The van der Waals surface area contributed by atoms with Crippen molar-refractivity contribution in [1.82, 2.24) is 5.32 Å². The molecule has 19 heavy (non-hydrogen) atoms. The lowest BCUT2D eigenvalue weighted by Crippen LogP contribution is -2.43. The number of halogens is 2. The predicted molar refractivity (Wildman–Crippen MR) is 76.5 cm³/mol. The lowest BCUT2D eigenvalue weighted by molar-refractivity contribution is 0.0470. The first-order valence-electron chi connectivity index (χ1n) is 5.98. The Labute approximate surface area is 121 Å². The molecule has 0 aromatic heterocycles. The van der Waals surface area contributed by atoms with E-state index >= 15 is 0 Å². The second kappa shape index (κ2) is 5.49. The van der Waals surface area contributed by atoms with Gasteiger partial charge in [-0.15, -0.1) is 0 Å². The normalized spacial score (nSPS) is 12.2. The molecule has 0 radical (unpaired) electrons. The summed E-state index contributed by atoms with van der Waals surface area (Å²) in [4.78, 5) is 11.8. The Morgan fingerprint density at radius 1 is 1.26 bits per heavy atom. The zero-order valence-corrected chi connectivity index (χ0v) is 13.4. The van der Waals surface area contributed by atoms with Crippen molar-refractivity contribution in [3.05, 3.63) is 34.1 Å². The van der Waals surface area contributed by atoms with Gasteiger partial charge in [0.1, 0.15) is 11.4 Å². The molecule has 1 rings (SSSR count). The minimum absolute atomic E-state index is 0.364. The Hall–Kier alpha value is -1.10. The summed E-state index contributed by atoms with van der Waals surface area (Å²) in [7, 11) is 0. The Kier molecular flexibility index (Phi) is 4.61. The molecular weight excluding hydrogens is 313 g/mol. The molecular formula is C14H19BrFNO2. The average Bonchev–Trinajstić information content (AvgIpc) is 2.17. The SMILES string of the molecule is CC(C)(C)OC(=O)NC(C)(C)c1ccc(Br)c(F)c1. The van der Waals surface area contributed by atoms with E-state index in [0.717, 1.165) is 0 Å². The molecule has 0 spiro atoms. The summed E-state index contributed by atoms with van der Waals surface area (Å²) in [6.07, 6.45) is -0.527. The number of carbonyl (C=O) groups excluding carboxylic acids is 1. The highest BCUT2D eigenvalue weighted by Gasteiger charge is 2.26. The Morgan fingerprint density at radius 3 is 2.32 bits per heavy atom. The maximum absolute atomic E-state index is 13.5. The second-order valence-corrected chi connectivity index (χ2v) is 6.74. The number of carbonyl (C=O) groups is 1. The van der Waals surface area contributed by atoms with Crippen molar-refractivity contribution in [2.45, 2.75) is 45.8 Å². The number of hydrogen-bond acceptors (Lipinski definition) is 2. The van der Waals surface area contributed by atoms with E-state index in [9.17, 15) is 9.18 Å². The van der Waals surface area contributed by atoms with Gasteiger partial charge in [-0.3, -0.25) is 0 Å². The lowest BCUT2D eigenvalue weighted by atomic mass is 9.94. The van der Waals surface area contributed by atoms with Gasteiger partial charge in [0.05, 0.1) is 10.0 Å². The van der Waals surface area contributed by atoms with Crippen molar-refractivity contribution < 1.29 is 13.9 Å². The van der Waals surface area contributed by atoms with Crippen LogP contribution in [-0.4, -0.2) is 11.7 Å². The van der Waals surface area contributed by atoms with Crippen molar-refractivity contribution in [2.24, 2.45) is 0 Å². The minimum Gasteiger partial charge on any atom is -0.444 e. The van der Waals surface area contributed by atoms with Gasteiger partial charge in [0, 0.05) is 0 Å². The maximum Gasteiger partial charge on any atom is 0.408 e. The zero-order valence-electron chi connectivity index (χ0n) is 11.8. The van der Waals surface area contributed by atoms with Crippen LogP contribution in [0.3, 0.4) is 0 Å². The summed E-state index contributed by atoms with van der Waals surface area (Å²) in [5.41, 5.74) is -0.617. The van der Waals surface area contributed by atoms with Crippen LogP contribution in [0, 0.1) is 5.82 Å². The van der Waals surface area contributed by atoms with Crippen LogP contribution in [0.1, 0.15) is 40.2 Å². The van der Waals surface area contributed by atoms with E-state index in [0.29, 0.717) is 10.0 Å². The summed E-state index contributed by atoms with van der Waals surface area (Å²) >= 11 is 3.10. The van der Waals surface area contributed by atoms with Gasteiger partial charge in [-0.05, 0) is 68.2 Å². The largest absolute Gasteiger partial charge is 0.444 e. The van der Waals surface area contributed by atoms with Gasteiger partial charge in [0.2, 0.25) is 0 Å². The van der Waals surface area contributed by atoms with E-state index in [2.05, 4.69) is 21.2 Å². The number of hydrogen-bond donors (Lipinski definition) is 1. The third-order valence-electron chi connectivity index (χ3n) is 2.45. The molecule has 3 nitrogen and oxygen atoms in total. The maximum atomic E-state index is 13.5. The topological polar surface area (TPSA) is 38.3 Å². The fourth-order valence-electron chi connectivity index (χ4n) is 1.52. The van der Waals surface area contributed by atoms with Crippen LogP contribution in [0.5, 0.6) is 0 Å². The molecule has 0 atom stereocenters. The van der Waals surface area contributed by atoms with Gasteiger partial charge < -0.3 is 10.1 Å². The minimum atomic E-state index is -0.718. The van der Waals surface area contributed by atoms with Crippen LogP contribution >= 0.6 is 15.9 Å². The summed E-state index contributed by atoms with van der Waals surface area (Å²) in [5.74, 6) is -0.364. The molecule has 0 saturated carbocycles. The summed E-state index contributed by atoms with van der Waals surface area (Å²) in [6.45, 7) is 8.95. The van der Waals surface area contributed by atoms with Gasteiger partial charge in [-0.1, -0.05) is 6.07 Å². The summed E-state index contributed by atoms with van der Waals surface area (Å²) < 4.78 is 19.1. The van der Waals surface area contributed by atoms with Crippen LogP contribution in [0.4, 0.5) is 9.18 Å². The van der Waals surface area contributed by atoms with E-state index in [4.69, 9.17) is 4.74 Å². The van der Waals surface area contributed by atoms with Crippen molar-refractivity contribution in [3.63, 3.8) is 0 Å². The van der Waals surface area contributed by atoms with Crippen LogP contribution in [0.25, 0.3) is 0 Å². The number of amides is 1. The molecule has 0 aliphatic heterocycles. The number of rotatable bonds is 2. The van der Waals surface area contributed by atoms with Crippen molar-refractivity contribution in [3.8, 4) is 0 Å². The van der Waals surface area contributed by atoms with Crippen LogP contribution in [0.15, 0.2) is 22.7 Å². The fourth-order valence-corrected chi connectivity index (χ4v) is 1.76. The Morgan fingerprint density at radius 2 is 1.84 bits per heavy atom. The van der Waals surface area contributed by atoms with E-state index < -0.39 is 17.2 Å². The van der Waals surface area contributed by atoms with Gasteiger partial charge >= 0.3 is 6.09 Å². The van der Waals surface area contributed by atoms with Crippen molar-refractivity contribution >= 4 is 22.0 Å². The molecule has 5 heteroatoms. The predicted octanol–water partition coefficient (Wildman–Crippen LogP) is 4.35. The van der Waals surface area contributed by atoms with Gasteiger partial charge in [0.25, 0.3) is 0 Å². The van der Waals surface area contributed by atoms with Gasteiger partial charge in [0.15, 0.2) is 0 Å². The van der Waals surface area contributed by atoms with E-state index in [1.807, 2.05) is 0 Å². The number of ether oxygens (including phenoxy) is 1. The van der Waals surface area contributed by atoms with E-state index in [-0.39, 0.29) is 5.82 Å². The first kappa shape index (κ1) is 16.0. The van der Waals surface area contributed by atoms with Crippen molar-refractivity contribution in [1.29, 1.82) is 0 Å². The van der Waals surface area contributed by atoms with Crippen LogP contribution in [-0.2, 0) is 10.3 Å². The van der Waals surface area contributed by atoms with Crippen molar-refractivity contribution in [2.75, 3.05) is 0 Å². The van der Waals surface area contributed by atoms with Gasteiger partial charge in [-0.2, -0.15) is 0 Å². The molecule has 0 aliphatic carbocycles. The molecule has 1 amide bonds. The molecule has 0 bridgehead atoms. The standard InChI is InChI=1S/C14H19BrFNO2/c1-13(2,3)19-12(18)17-14(4,5)9-6-7-10(15)11(16)8-9/h6-8H,1-5H3,(H,17,18). The third-order valence-corrected chi connectivity index (χ3v) is 3.10. The number of nitrogens with one attached hydrogen (secondary N) is 1. The molecule has 0 aliphatic rings. The number of alkyl carbamates (subject to hydrolysis) is 1. The molecule has 0 heterocycles. The van der Waals surface area contributed by atoms with E-state index in [1.54, 1.807) is 46.8 Å². The molecule has 106 valence electrons. The first-order chi connectivity index (χ1) is 8.51. The lowest BCUT2D eigenvalue weighted by Gasteiger charge is -2.29. The summed E-state index contributed by atoms with van der Waals surface area (Å²) in [5, 5.41) is 2.73. The monoisotopic (exact) mass is 331 g/mol. The second-order valence-electron chi connectivity index (χ2n) is 5.88. The van der Waals surface area contributed by atoms with E-state index in [1.165, 1.54) is 6.07 Å².